The van der Waals surface area contributed by atoms with Gasteiger partial charge in [-0.05, 0) is 82.5 Å². The standard InChI is InChI=1S/C7H11NS.C7H15N.C6H7ClN2.C6H14N2.C6H8N2.C5H8N2S.C5H7NS.C4H6N2S/c1-3-4-8-5-6-9-7(8)2;1-8-6-4-2-3-5-7-8;1-5-3-4-6(7)8-9(5)2;1-7-3-5-8(2)6-4-7;1-6-7-4-3-5-8(6)2;1-5-7(2)6-3-4-8-5;1-5-6(2)3-4-7-5;1-4-6(2)5-3-7-4/h5-6H,2-4H2,1H3;2-7H2,1H3;3-4H,1H2,2H3;3-6H2,1-2H3;3-5H,1H2,2H3;3H,1,4H2,2H3;3-4H,1H2,2H3;3H,1H2,2H3. The summed E-state index contributed by atoms with van der Waals surface area (Å²) in [6, 6.07) is 0. The Morgan fingerprint density at radius 2 is 1.19 bits per heavy atom. The highest BCUT2D eigenvalue weighted by Gasteiger charge is 2.09. The molecule has 8 aliphatic rings. The SMILES string of the molecule is C=C1C=CC(Cl)=NN1C.C=C1N=CC=CN1C.C=C1SC=CN1C.C=C1SC=CN1CCC.C=C1SC=NN1C.C=C1SCC=NN1C.CN1CCCCCC1.CN1CCN(C)CC1. The zero-order valence-corrected chi connectivity index (χ0v) is 44.1. The monoisotopic (exact) mass is 973 g/mol. The van der Waals surface area contributed by atoms with Gasteiger partial charge in [-0.1, -0.05) is 106 Å². The van der Waals surface area contributed by atoms with Crippen LogP contribution >= 0.6 is 58.6 Å². The lowest BCUT2D eigenvalue weighted by molar-refractivity contribution is 0.181. The van der Waals surface area contributed by atoms with Crippen molar-refractivity contribution in [1.29, 1.82) is 0 Å². The second-order valence-electron chi connectivity index (χ2n) is 14.9. The van der Waals surface area contributed by atoms with Crippen LogP contribution < -0.4 is 0 Å². The number of thioether (sulfide) groups is 4. The molecule has 0 aromatic carbocycles. The number of likely N-dealkylation sites (tertiary alicyclic amines) is 1. The van der Waals surface area contributed by atoms with Gasteiger partial charge in [0.25, 0.3) is 0 Å². The van der Waals surface area contributed by atoms with Crippen molar-refractivity contribution in [2.75, 3.05) is 108 Å². The predicted octanol–water partition coefficient (Wildman–Crippen LogP) is 10.1. The Morgan fingerprint density at radius 1 is 0.609 bits per heavy atom. The summed E-state index contributed by atoms with van der Waals surface area (Å²) in [5.74, 6) is 1.75. The van der Waals surface area contributed by atoms with E-state index in [-0.39, 0.29) is 0 Å². The first-order chi connectivity index (χ1) is 30.4. The largest absolute Gasteiger partial charge is 0.346 e. The number of hydrazone groups is 3. The number of aliphatic imine (C=N–C) groups is 1. The van der Waals surface area contributed by atoms with Gasteiger partial charge in [-0.15, -0.1) is 11.8 Å². The number of likely N-dealkylation sites (N-methyl/N-ethyl adjacent to an activating group) is 3. The lowest BCUT2D eigenvalue weighted by Crippen LogP contribution is -2.42. The van der Waals surface area contributed by atoms with Gasteiger partial charge in [0, 0.05) is 105 Å². The van der Waals surface area contributed by atoms with E-state index in [9.17, 15) is 0 Å². The molecule has 0 atom stereocenters. The van der Waals surface area contributed by atoms with Crippen molar-refractivity contribution in [2.45, 2.75) is 39.0 Å². The average molecular weight is 975 g/mol. The molecular formula is C46H76ClN13S4. The fourth-order valence-electron chi connectivity index (χ4n) is 5.01. The highest BCUT2D eigenvalue weighted by Crippen LogP contribution is 2.27. The average Bonchev–Trinajstić information content (AvgIpc) is 3.92. The fourth-order valence-corrected chi connectivity index (χ4v) is 7.54. The number of piperazine rings is 1. The van der Waals surface area contributed by atoms with E-state index in [1.165, 1.54) is 71.4 Å². The van der Waals surface area contributed by atoms with Crippen LogP contribution in [0.5, 0.6) is 0 Å². The quantitative estimate of drug-likeness (QED) is 0.264. The van der Waals surface area contributed by atoms with Gasteiger partial charge < -0.3 is 29.4 Å². The first kappa shape index (κ1) is 58.5. The molecule has 0 spiro atoms. The maximum absolute atomic E-state index is 5.56. The van der Waals surface area contributed by atoms with Crippen molar-refractivity contribution in [2.24, 2.45) is 20.3 Å². The number of nitrogens with zero attached hydrogens (tertiary/aromatic N) is 13. The van der Waals surface area contributed by atoms with Crippen LogP contribution in [0.4, 0.5) is 0 Å². The van der Waals surface area contributed by atoms with Crippen molar-refractivity contribution in [3.05, 3.63) is 119 Å². The molecule has 0 amide bonds. The second-order valence-corrected chi connectivity index (χ2v) is 19.3. The summed E-state index contributed by atoms with van der Waals surface area (Å²) in [7, 11) is 16.0. The predicted molar refractivity (Wildman–Crippen MR) is 292 cm³/mol. The van der Waals surface area contributed by atoms with Crippen LogP contribution in [0.3, 0.4) is 0 Å². The highest BCUT2D eigenvalue weighted by atomic mass is 35.5. The van der Waals surface area contributed by atoms with E-state index in [1.807, 2.05) is 74.2 Å². The zero-order chi connectivity index (χ0) is 47.9. The van der Waals surface area contributed by atoms with Crippen LogP contribution in [0.1, 0.15) is 39.0 Å². The first-order valence-electron chi connectivity index (χ1n) is 21.2. The Morgan fingerprint density at radius 3 is 1.53 bits per heavy atom. The minimum absolute atomic E-state index is 0.491. The molecule has 13 nitrogen and oxygen atoms in total. The minimum atomic E-state index is 0.491. The summed E-state index contributed by atoms with van der Waals surface area (Å²) in [5.41, 5.74) is 2.61. The Bertz CT molecular complexity index is 1670. The van der Waals surface area contributed by atoms with Crippen molar-refractivity contribution in [1.82, 2.24) is 44.4 Å². The van der Waals surface area contributed by atoms with E-state index < -0.39 is 0 Å². The van der Waals surface area contributed by atoms with Crippen LogP contribution in [-0.2, 0) is 0 Å². The van der Waals surface area contributed by atoms with E-state index in [2.05, 4.69) is 119 Å². The molecule has 0 radical (unpaired) electrons. The Labute approximate surface area is 409 Å². The number of allylic oxidation sites excluding steroid dienone is 3. The van der Waals surface area contributed by atoms with Gasteiger partial charge in [-0.3, -0.25) is 15.0 Å². The number of rotatable bonds is 2. The number of hydrogen-bond acceptors (Lipinski definition) is 17. The number of hydrogen-bond donors (Lipinski definition) is 0. The molecule has 8 rings (SSSR count). The topological polar surface area (TPSA) is 78.6 Å². The van der Waals surface area contributed by atoms with E-state index in [4.69, 9.17) is 11.6 Å². The van der Waals surface area contributed by atoms with Crippen LogP contribution in [0.15, 0.2) is 139 Å². The minimum Gasteiger partial charge on any atom is -0.346 e. The summed E-state index contributed by atoms with van der Waals surface area (Å²) in [5, 5.41) is 25.7. The smallest absolute Gasteiger partial charge is 0.149 e. The fraction of sp³-hybridized carbons (Fsp3) is 0.478. The molecule has 0 aliphatic carbocycles. The van der Waals surface area contributed by atoms with E-state index in [0.29, 0.717) is 5.17 Å². The van der Waals surface area contributed by atoms with E-state index >= 15 is 0 Å². The van der Waals surface area contributed by atoms with Gasteiger partial charge in [0.05, 0.1) is 31.4 Å². The Kier molecular flexibility index (Phi) is 31.7. The number of halogens is 1. The molecule has 0 unspecified atom stereocenters. The molecule has 356 valence electrons. The molecule has 0 aromatic heterocycles. The van der Waals surface area contributed by atoms with Gasteiger partial charge in [0.15, 0.2) is 0 Å². The maximum atomic E-state index is 5.56. The van der Waals surface area contributed by atoms with E-state index in [1.54, 1.807) is 87.0 Å². The third-order valence-electron chi connectivity index (χ3n) is 9.48. The first-order valence-corrected chi connectivity index (χ1v) is 25.2. The van der Waals surface area contributed by atoms with Gasteiger partial charge >= 0.3 is 0 Å². The lowest BCUT2D eigenvalue weighted by Gasteiger charge is -2.28. The Hall–Kier alpha value is -3.55. The van der Waals surface area contributed by atoms with Crippen molar-refractivity contribution in [3.63, 3.8) is 0 Å². The molecule has 0 N–H and O–H groups in total. The van der Waals surface area contributed by atoms with E-state index in [0.717, 1.165) is 43.9 Å². The lowest BCUT2D eigenvalue weighted by atomic mass is 10.2. The molecule has 2 fully saturated rings. The summed E-state index contributed by atoms with van der Waals surface area (Å²) in [4.78, 5) is 17.1. The molecule has 8 aliphatic heterocycles. The molecule has 0 saturated carbocycles. The summed E-state index contributed by atoms with van der Waals surface area (Å²) >= 11 is 12.2. The highest BCUT2D eigenvalue weighted by molar-refractivity contribution is 8.15. The van der Waals surface area contributed by atoms with Crippen molar-refractivity contribution >= 4 is 81.8 Å². The van der Waals surface area contributed by atoms with Gasteiger partial charge in [0.1, 0.15) is 11.0 Å². The van der Waals surface area contributed by atoms with Crippen LogP contribution in [0, 0.1) is 0 Å². The van der Waals surface area contributed by atoms with Crippen LogP contribution in [0.25, 0.3) is 0 Å². The van der Waals surface area contributed by atoms with Crippen LogP contribution in [-0.4, -0.2) is 176 Å². The molecule has 0 bridgehead atoms. The molecule has 0 aromatic rings. The molecule has 8 heterocycles. The van der Waals surface area contributed by atoms with Crippen molar-refractivity contribution < 1.29 is 0 Å². The van der Waals surface area contributed by atoms with Crippen LogP contribution in [0.2, 0.25) is 0 Å². The van der Waals surface area contributed by atoms with Crippen molar-refractivity contribution in [3.8, 4) is 0 Å². The zero-order valence-electron chi connectivity index (χ0n) is 40.1. The molecule has 18 heteroatoms. The molecule has 64 heavy (non-hydrogen) atoms. The van der Waals surface area contributed by atoms with Gasteiger partial charge in [-0.2, -0.15) is 15.3 Å². The second kappa shape index (κ2) is 34.8. The third-order valence-corrected chi connectivity index (χ3v) is 12.9. The normalized spacial score (nSPS) is 20.2. The summed E-state index contributed by atoms with van der Waals surface area (Å²) in [6.45, 7) is 33.3. The van der Waals surface area contributed by atoms with Gasteiger partial charge in [0.2, 0.25) is 0 Å². The van der Waals surface area contributed by atoms with Gasteiger partial charge in [-0.25, -0.2) is 4.99 Å². The molecular weight excluding hydrogens is 898 g/mol. The summed E-state index contributed by atoms with van der Waals surface area (Å²) < 4.78 is 0. The Balaban J connectivity index is 0.000000366. The maximum Gasteiger partial charge on any atom is 0.149 e. The third kappa shape index (κ3) is 27.7. The molecule has 2 saturated heterocycles. The summed E-state index contributed by atoms with van der Waals surface area (Å²) in [6.07, 6.45) is 21.9.